The molecule has 1 N–H and O–H groups in total. The Morgan fingerprint density at radius 3 is 2.92 bits per heavy atom. The van der Waals surface area contributed by atoms with E-state index in [0.717, 1.165) is 12.0 Å². The number of nitrogens with one attached hydrogen (secondary N) is 1. The molecule has 0 fully saturated rings. The van der Waals surface area contributed by atoms with Crippen molar-refractivity contribution in [1.29, 1.82) is 0 Å². The summed E-state index contributed by atoms with van der Waals surface area (Å²) in [6.45, 7) is 0.560. The highest BCUT2D eigenvalue weighted by Crippen LogP contribution is 2.30. The minimum Gasteiger partial charge on any atom is -0.355 e. The largest absolute Gasteiger partial charge is 0.355 e. The van der Waals surface area contributed by atoms with E-state index in [0.29, 0.717) is 17.9 Å². The monoisotopic (exact) mass is 338 g/mol. The van der Waals surface area contributed by atoms with Gasteiger partial charge in [-0.05, 0) is 42.2 Å². The van der Waals surface area contributed by atoms with E-state index in [1.54, 1.807) is 0 Å². The third kappa shape index (κ3) is 2.87. The van der Waals surface area contributed by atoms with E-state index in [4.69, 9.17) is 4.52 Å². The number of fused-ring (bicyclic) bond motifs is 1. The van der Waals surface area contributed by atoms with Crippen LogP contribution in [0.15, 0.2) is 46.4 Å². The zero-order valence-corrected chi connectivity index (χ0v) is 14.1. The number of thiophene rings is 1. The number of aryl methyl sites for hydroxylation is 1. The molecule has 1 aliphatic carbocycles. The van der Waals surface area contributed by atoms with Gasteiger partial charge < -0.3 is 9.84 Å². The molecule has 0 unspecified atom stereocenters. The van der Waals surface area contributed by atoms with Gasteiger partial charge in [-0.15, -0.1) is 11.3 Å². The summed E-state index contributed by atoms with van der Waals surface area (Å²) in [7, 11) is 0. The molecular weight excluding hydrogens is 320 g/mol. The highest BCUT2D eigenvalue weighted by atomic mass is 32.1. The first-order chi connectivity index (χ1) is 11.8. The minimum atomic E-state index is -0.147. The van der Waals surface area contributed by atoms with Gasteiger partial charge in [0, 0.05) is 17.0 Å². The van der Waals surface area contributed by atoms with Gasteiger partial charge in [-0.1, -0.05) is 35.5 Å². The summed E-state index contributed by atoms with van der Waals surface area (Å²) in [5.41, 5.74) is 4.03. The number of rotatable bonds is 4. The number of hydrogen-bond acceptors (Lipinski definition) is 4. The van der Waals surface area contributed by atoms with Crippen molar-refractivity contribution in [1.82, 2.24) is 10.5 Å². The van der Waals surface area contributed by atoms with Crippen LogP contribution in [-0.2, 0) is 19.4 Å². The second-order valence-corrected chi connectivity index (χ2v) is 6.95. The van der Waals surface area contributed by atoms with Crippen LogP contribution in [0.2, 0.25) is 0 Å². The molecule has 0 saturated carbocycles. The molecule has 0 bridgehead atoms. The molecule has 0 spiro atoms. The molecular formula is C19H18N2O2S. The van der Waals surface area contributed by atoms with E-state index in [1.165, 1.54) is 41.5 Å². The lowest BCUT2D eigenvalue weighted by molar-refractivity contribution is 0.0951. The third-order valence-electron chi connectivity index (χ3n) is 4.44. The van der Waals surface area contributed by atoms with Crippen molar-refractivity contribution in [2.45, 2.75) is 32.2 Å². The van der Waals surface area contributed by atoms with Gasteiger partial charge in [-0.3, -0.25) is 4.79 Å². The van der Waals surface area contributed by atoms with Gasteiger partial charge in [0.2, 0.25) is 0 Å². The Morgan fingerprint density at radius 2 is 2.04 bits per heavy atom. The summed E-state index contributed by atoms with van der Waals surface area (Å²) in [6, 6.07) is 9.58. The Labute approximate surface area is 144 Å². The highest BCUT2D eigenvalue weighted by Gasteiger charge is 2.19. The van der Waals surface area contributed by atoms with Crippen LogP contribution in [-0.4, -0.2) is 11.1 Å². The van der Waals surface area contributed by atoms with Crippen molar-refractivity contribution < 1.29 is 9.32 Å². The van der Waals surface area contributed by atoms with Crippen molar-refractivity contribution in [3.63, 3.8) is 0 Å². The third-order valence-corrected chi connectivity index (χ3v) is 5.58. The molecule has 4 rings (SSSR count). The number of carbonyl (C=O) groups excluding carboxylic acids is 1. The van der Waals surface area contributed by atoms with Crippen molar-refractivity contribution >= 4 is 17.2 Å². The second-order valence-electron chi connectivity index (χ2n) is 5.99. The average molecular weight is 338 g/mol. The zero-order chi connectivity index (χ0) is 16.4. The van der Waals surface area contributed by atoms with Gasteiger partial charge in [0.1, 0.15) is 5.56 Å². The number of aromatic nitrogens is 1. The normalized spacial score (nSPS) is 13.5. The fraction of sp³-hybridized carbons (Fsp3) is 0.263. The minimum absolute atomic E-state index is 0.147. The van der Waals surface area contributed by atoms with Crippen LogP contribution in [0.25, 0.3) is 11.3 Å². The second kappa shape index (κ2) is 6.61. The van der Waals surface area contributed by atoms with Gasteiger partial charge in [-0.25, -0.2) is 0 Å². The Hall–Kier alpha value is -2.40. The van der Waals surface area contributed by atoms with E-state index >= 15 is 0 Å². The molecule has 0 aliphatic heterocycles. The van der Waals surface area contributed by atoms with Gasteiger partial charge >= 0.3 is 0 Å². The van der Waals surface area contributed by atoms with Gasteiger partial charge in [-0.2, -0.15) is 0 Å². The first-order valence-electron chi connectivity index (χ1n) is 8.19. The molecule has 0 radical (unpaired) electrons. The maximum absolute atomic E-state index is 12.6. The smallest absolute Gasteiger partial charge is 0.257 e. The van der Waals surface area contributed by atoms with Crippen LogP contribution in [0, 0.1) is 0 Å². The van der Waals surface area contributed by atoms with Crippen molar-refractivity contribution in [2.75, 3.05) is 0 Å². The van der Waals surface area contributed by atoms with Crippen molar-refractivity contribution in [3.8, 4) is 11.3 Å². The van der Waals surface area contributed by atoms with E-state index in [-0.39, 0.29) is 5.91 Å². The first kappa shape index (κ1) is 15.1. The Bertz CT molecular complexity index is 851. The molecule has 122 valence electrons. The number of carbonyl (C=O) groups is 1. The number of nitrogens with zero attached hydrogens (tertiary/aromatic N) is 1. The quantitative estimate of drug-likeness (QED) is 0.775. The lowest BCUT2D eigenvalue weighted by Crippen LogP contribution is -2.23. The van der Waals surface area contributed by atoms with E-state index < -0.39 is 0 Å². The standard InChI is InChI=1S/C19H18N2O2S/c22-19(16-11-21-23-18(16)13-6-2-1-3-7-13)20-10-14-12-24-17-9-5-4-8-15(14)17/h1-3,6-7,11-12H,4-5,8-10H2,(H,20,22). The summed E-state index contributed by atoms with van der Waals surface area (Å²) in [5.74, 6) is 0.367. The lowest BCUT2D eigenvalue weighted by Gasteiger charge is -2.13. The maximum atomic E-state index is 12.6. The number of benzene rings is 1. The Morgan fingerprint density at radius 1 is 1.21 bits per heavy atom. The summed E-state index contributed by atoms with van der Waals surface area (Å²) in [4.78, 5) is 14.0. The molecule has 5 heteroatoms. The van der Waals surface area contributed by atoms with E-state index in [2.05, 4.69) is 15.9 Å². The molecule has 0 atom stereocenters. The molecule has 0 saturated heterocycles. The summed E-state index contributed by atoms with van der Waals surface area (Å²) in [5, 5.41) is 9.00. The molecule has 2 aromatic heterocycles. The van der Waals surface area contributed by atoms with Gasteiger partial charge in [0.25, 0.3) is 5.91 Å². The van der Waals surface area contributed by atoms with Crippen LogP contribution in [0.4, 0.5) is 0 Å². The molecule has 1 aliphatic rings. The predicted octanol–water partition coefficient (Wildman–Crippen LogP) is 4.21. The highest BCUT2D eigenvalue weighted by molar-refractivity contribution is 7.10. The number of hydrogen-bond donors (Lipinski definition) is 1. The maximum Gasteiger partial charge on any atom is 0.257 e. The topological polar surface area (TPSA) is 55.1 Å². The Kier molecular flexibility index (Phi) is 4.17. The fourth-order valence-electron chi connectivity index (χ4n) is 3.18. The van der Waals surface area contributed by atoms with Crippen molar-refractivity contribution in [3.05, 3.63) is 63.5 Å². The lowest BCUT2D eigenvalue weighted by atomic mass is 9.96. The van der Waals surface area contributed by atoms with Crippen LogP contribution < -0.4 is 5.32 Å². The molecule has 2 heterocycles. The summed E-state index contributed by atoms with van der Waals surface area (Å²) < 4.78 is 5.29. The number of amides is 1. The predicted molar refractivity (Wildman–Crippen MR) is 94.1 cm³/mol. The molecule has 3 aromatic rings. The van der Waals surface area contributed by atoms with Crippen molar-refractivity contribution in [2.24, 2.45) is 0 Å². The SMILES string of the molecule is O=C(NCc1csc2c1CCCC2)c1cnoc1-c1ccccc1. The molecule has 1 amide bonds. The molecule has 4 nitrogen and oxygen atoms in total. The van der Waals surface area contributed by atoms with E-state index in [9.17, 15) is 4.79 Å². The van der Waals surface area contributed by atoms with Gasteiger partial charge in [0.15, 0.2) is 5.76 Å². The summed E-state index contributed by atoms with van der Waals surface area (Å²) >= 11 is 1.82. The van der Waals surface area contributed by atoms with Gasteiger partial charge in [0.05, 0.1) is 6.20 Å². The molecule has 1 aromatic carbocycles. The fourth-order valence-corrected chi connectivity index (χ4v) is 4.33. The first-order valence-corrected chi connectivity index (χ1v) is 9.07. The Balaban J connectivity index is 1.50. The van der Waals surface area contributed by atoms with Crippen LogP contribution >= 0.6 is 11.3 Å². The van der Waals surface area contributed by atoms with Crippen LogP contribution in [0.5, 0.6) is 0 Å². The summed E-state index contributed by atoms with van der Waals surface area (Å²) in [6.07, 6.45) is 6.32. The van der Waals surface area contributed by atoms with Crippen LogP contribution in [0.1, 0.15) is 39.2 Å². The van der Waals surface area contributed by atoms with E-state index in [1.807, 2.05) is 41.7 Å². The zero-order valence-electron chi connectivity index (χ0n) is 13.2. The van der Waals surface area contributed by atoms with Crippen LogP contribution in [0.3, 0.4) is 0 Å². The molecule has 24 heavy (non-hydrogen) atoms. The average Bonchev–Trinajstić information content (AvgIpc) is 3.28.